The summed E-state index contributed by atoms with van der Waals surface area (Å²) in [4.78, 5) is 14.3. The van der Waals surface area contributed by atoms with Crippen LogP contribution in [0.1, 0.15) is 24.2 Å². The van der Waals surface area contributed by atoms with E-state index in [0.717, 1.165) is 18.7 Å². The van der Waals surface area contributed by atoms with Gasteiger partial charge in [-0.05, 0) is 5.92 Å². The Labute approximate surface area is 110 Å². The van der Waals surface area contributed by atoms with E-state index in [2.05, 4.69) is 18.7 Å². The topological polar surface area (TPSA) is 29.5 Å². The number of Topliss-reactive ketones (excluding diaryl/α,β-unsaturated/α-hetero) is 1. The molecule has 0 saturated heterocycles. The van der Waals surface area contributed by atoms with Crippen molar-refractivity contribution in [2.24, 2.45) is 5.92 Å². The standard InChI is InChI=1S/C15H23NO2/c1-13(2)11-16(9-10-18-3)12-15(17)14-7-5-4-6-8-14/h4-8,13H,9-12H2,1-3H3. The average Bonchev–Trinajstić information content (AvgIpc) is 2.36. The summed E-state index contributed by atoms with van der Waals surface area (Å²) in [5, 5.41) is 0. The molecule has 0 spiro atoms. The lowest BCUT2D eigenvalue weighted by molar-refractivity contribution is 0.0881. The first-order valence-electron chi connectivity index (χ1n) is 6.43. The minimum atomic E-state index is 0.173. The van der Waals surface area contributed by atoms with Crippen LogP contribution < -0.4 is 0 Å². The van der Waals surface area contributed by atoms with Crippen molar-refractivity contribution in [1.82, 2.24) is 4.90 Å². The molecule has 0 aliphatic heterocycles. The minimum Gasteiger partial charge on any atom is -0.383 e. The molecule has 0 aromatic heterocycles. The second-order valence-corrected chi connectivity index (χ2v) is 4.91. The Hall–Kier alpha value is -1.19. The summed E-state index contributed by atoms with van der Waals surface area (Å²) < 4.78 is 5.09. The summed E-state index contributed by atoms with van der Waals surface area (Å²) >= 11 is 0. The molecule has 1 aromatic carbocycles. The SMILES string of the molecule is COCCN(CC(=O)c1ccccc1)CC(C)C. The second-order valence-electron chi connectivity index (χ2n) is 4.91. The number of methoxy groups -OCH3 is 1. The van der Waals surface area contributed by atoms with Gasteiger partial charge in [0.1, 0.15) is 0 Å². The Morgan fingerprint density at radius 2 is 1.94 bits per heavy atom. The average molecular weight is 249 g/mol. The van der Waals surface area contributed by atoms with Gasteiger partial charge in [0, 0.05) is 25.8 Å². The molecule has 18 heavy (non-hydrogen) atoms. The third-order valence-corrected chi connectivity index (χ3v) is 2.70. The molecule has 0 saturated carbocycles. The van der Waals surface area contributed by atoms with E-state index in [0.29, 0.717) is 19.1 Å². The number of carbonyl (C=O) groups excluding carboxylic acids is 1. The minimum absolute atomic E-state index is 0.173. The maximum Gasteiger partial charge on any atom is 0.176 e. The van der Waals surface area contributed by atoms with Gasteiger partial charge >= 0.3 is 0 Å². The van der Waals surface area contributed by atoms with Gasteiger partial charge in [-0.1, -0.05) is 44.2 Å². The molecule has 0 heterocycles. The number of rotatable bonds is 8. The van der Waals surface area contributed by atoms with Crippen LogP contribution in [0.5, 0.6) is 0 Å². The van der Waals surface area contributed by atoms with Crippen LogP contribution in [-0.2, 0) is 4.74 Å². The van der Waals surface area contributed by atoms with Gasteiger partial charge in [0.15, 0.2) is 5.78 Å². The predicted molar refractivity (Wildman–Crippen MR) is 73.9 cm³/mol. The van der Waals surface area contributed by atoms with Gasteiger partial charge in [-0.2, -0.15) is 0 Å². The molecule has 0 bridgehead atoms. The Bertz CT molecular complexity index is 349. The first kappa shape index (κ1) is 14.9. The van der Waals surface area contributed by atoms with Crippen LogP contribution in [0.25, 0.3) is 0 Å². The van der Waals surface area contributed by atoms with E-state index in [1.54, 1.807) is 7.11 Å². The van der Waals surface area contributed by atoms with Crippen LogP contribution in [0.15, 0.2) is 30.3 Å². The molecule has 0 radical (unpaired) electrons. The van der Waals surface area contributed by atoms with Gasteiger partial charge in [0.25, 0.3) is 0 Å². The van der Waals surface area contributed by atoms with Crippen LogP contribution in [0, 0.1) is 5.92 Å². The van der Waals surface area contributed by atoms with E-state index < -0.39 is 0 Å². The lowest BCUT2D eigenvalue weighted by Crippen LogP contribution is -2.35. The van der Waals surface area contributed by atoms with Gasteiger partial charge in [-0.25, -0.2) is 0 Å². The van der Waals surface area contributed by atoms with Crippen molar-refractivity contribution in [2.45, 2.75) is 13.8 Å². The normalized spacial score (nSPS) is 11.2. The predicted octanol–water partition coefficient (Wildman–Crippen LogP) is 2.47. The molecule has 0 amide bonds. The Balaban J connectivity index is 2.56. The lowest BCUT2D eigenvalue weighted by Gasteiger charge is -2.23. The summed E-state index contributed by atoms with van der Waals surface area (Å²) in [6.45, 7) is 7.16. The fraction of sp³-hybridized carbons (Fsp3) is 0.533. The molecule has 0 N–H and O–H groups in total. The Kier molecular flexibility index (Phi) is 6.61. The van der Waals surface area contributed by atoms with Gasteiger partial charge in [-0.3, -0.25) is 9.69 Å². The zero-order valence-corrected chi connectivity index (χ0v) is 11.6. The third-order valence-electron chi connectivity index (χ3n) is 2.70. The summed E-state index contributed by atoms with van der Waals surface area (Å²) in [5.41, 5.74) is 0.781. The number of benzene rings is 1. The molecule has 3 heteroatoms. The molecule has 0 aliphatic carbocycles. The van der Waals surface area contributed by atoms with Gasteiger partial charge in [0.05, 0.1) is 13.2 Å². The zero-order valence-electron chi connectivity index (χ0n) is 11.6. The van der Waals surface area contributed by atoms with Crippen molar-refractivity contribution >= 4 is 5.78 Å². The maximum atomic E-state index is 12.1. The molecule has 0 fully saturated rings. The number of hydrogen-bond donors (Lipinski definition) is 0. The lowest BCUT2D eigenvalue weighted by atomic mass is 10.1. The van der Waals surface area contributed by atoms with E-state index in [-0.39, 0.29) is 5.78 Å². The van der Waals surface area contributed by atoms with E-state index in [1.165, 1.54) is 0 Å². The van der Waals surface area contributed by atoms with Crippen molar-refractivity contribution < 1.29 is 9.53 Å². The van der Waals surface area contributed by atoms with Crippen molar-refractivity contribution in [3.05, 3.63) is 35.9 Å². The van der Waals surface area contributed by atoms with Crippen molar-refractivity contribution in [2.75, 3.05) is 33.4 Å². The Morgan fingerprint density at radius 3 is 2.50 bits per heavy atom. The quantitative estimate of drug-likeness (QED) is 0.663. The number of nitrogens with zero attached hydrogens (tertiary/aromatic N) is 1. The van der Waals surface area contributed by atoms with Gasteiger partial charge in [0.2, 0.25) is 0 Å². The van der Waals surface area contributed by atoms with E-state index in [1.807, 2.05) is 30.3 Å². The number of ether oxygens (including phenoxy) is 1. The van der Waals surface area contributed by atoms with Crippen LogP contribution in [0.4, 0.5) is 0 Å². The maximum absolute atomic E-state index is 12.1. The van der Waals surface area contributed by atoms with Crippen LogP contribution in [0.3, 0.4) is 0 Å². The molecular formula is C15H23NO2. The van der Waals surface area contributed by atoms with E-state index in [9.17, 15) is 4.79 Å². The van der Waals surface area contributed by atoms with Crippen LogP contribution in [0.2, 0.25) is 0 Å². The summed E-state index contributed by atoms with van der Waals surface area (Å²) in [5.74, 6) is 0.720. The van der Waals surface area contributed by atoms with Crippen molar-refractivity contribution in [3.63, 3.8) is 0 Å². The largest absolute Gasteiger partial charge is 0.383 e. The second kappa shape index (κ2) is 8.01. The van der Waals surface area contributed by atoms with Crippen LogP contribution >= 0.6 is 0 Å². The molecule has 1 aromatic rings. The van der Waals surface area contributed by atoms with Crippen molar-refractivity contribution in [3.8, 4) is 0 Å². The fourth-order valence-corrected chi connectivity index (χ4v) is 1.89. The highest BCUT2D eigenvalue weighted by Crippen LogP contribution is 2.04. The Morgan fingerprint density at radius 1 is 1.28 bits per heavy atom. The molecule has 100 valence electrons. The number of carbonyl (C=O) groups is 1. The number of ketones is 1. The van der Waals surface area contributed by atoms with Gasteiger partial charge in [-0.15, -0.1) is 0 Å². The smallest absolute Gasteiger partial charge is 0.176 e. The van der Waals surface area contributed by atoms with E-state index >= 15 is 0 Å². The molecule has 0 unspecified atom stereocenters. The van der Waals surface area contributed by atoms with Gasteiger partial charge < -0.3 is 4.74 Å². The first-order valence-corrected chi connectivity index (χ1v) is 6.43. The van der Waals surface area contributed by atoms with E-state index in [4.69, 9.17) is 4.74 Å². The molecule has 3 nitrogen and oxygen atoms in total. The number of hydrogen-bond acceptors (Lipinski definition) is 3. The summed E-state index contributed by atoms with van der Waals surface area (Å²) in [6.07, 6.45) is 0. The summed E-state index contributed by atoms with van der Waals surface area (Å²) in [6, 6.07) is 9.45. The molecule has 0 aliphatic rings. The first-order chi connectivity index (χ1) is 8.63. The van der Waals surface area contributed by atoms with Crippen molar-refractivity contribution in [1.29, 1.82) is 0 Å². The molecule has 0 atom stereocenters. The zero-order chi connectivity index (χ0) is 13.4. The van der Waals surface area contributed by atoms with Crippen LogP contribution in [-0.4, -0.2) is 44.0 Å². The monoisotopic (exact) mass is 249 g/mol. The summed E-state index contributed by atoms with van der Waals surface area (Å²) in [7, 11) is 1.69. The third kappa shape index (κ3) is 5.43. The fourth-order valence-electron chi connectivity index (χ4n) is 1.89. The molecular weight excluding hydrogens is 226 g/mol. The molecule has 1 rings (SSSR count). The highest BCUT2D eigenvalue weighted by atomic mass is 16.5. The highest BCUT2D eigenvalue weighted by Gasteiger charge is 2.13. The highest BCUT2D eigenvalue weighted by molar-refractivity contribution is 5.97.